The average molecular weight is 307 g/mol. The molecule has 128 valence electrons. The van der Waals surface area contributed by atoms with Crippen LogP contribution in [0.25, 0.3) is 0 Å². The van der Waals surface area contributed by atoms with Crippen LogP contribution in [0.1, 0.15) is 97.3 Å². The van der Waals surface area contributed by atoms with Crippen molar-refractivity contribution in [2.45, 2.75) is 103 Å². The summed E-state index contributed by atoms with van der Waals surface area (Å²) in [6, 6.07) is 0. The van der Waals surface area contributed by atoms with Crippen molar-refractivity contribution in [2.75, 3.05) is 0 Å². The van der Waals surface area contributed by atoms with Crippen LogP contribution in [0.3, 0.4) is 0 Å². The van der Waals surface area contributed by atoms with Gasteiger partial charge in [0.1, 0.15) is 0 Å². The topological polar surface area (TPSA) is 20.2 Å². The molecule has 0 heterocycles. The first kappa shape index (κ1) is 21.3. The first-order chi connectivity index (χ1) is 10.7. The summed E-state index contributed by atoms with van der Waals surface area (Å²) in [4.78, 5) is 0. The maximum Gasteiger partial charge on any atom is 0.0730 e. The summed E-state index contributed by atoms with van der Waals surface area (Å²) in [5.41, 5.74) is 0. The van der Waals surface area contributed by atoms with E-state index in [4.69, 9.17) is 6.42 Å². The van der Waals surface area contributed by atoms with Crippen LogP contribution in [0.4, 0.5) is 0 Å². The second kappa shape index (κ2) is 16.6. The number of hydrogen-bond acceptors (Lipinski definition) is 1. The fourth-order valence-electron chi connectivity index (χ4n) is 2.87. The molecular weight excluding hydrogens is 268 g/mol. The van der Waals surface area contributed by atoms with Gasteiger partial charge in [-0.15, -0.1) is 6.42 Å². The monoisotopic (exact) mass is 306 g/mol. The third-order valence-corrected chi connectivity index (χ3v) is 4.41. The van der Waals surface area contributed by atoms with E-state index in [0.717, 1.165) is 18.8 Å². The molecular formula is C21H38O. The zero-order valence-electron chi connectivity index (χ0n) is 15.0. The molecule has 1 nitrogen and oxygen atoms in total. The van der Waals surface area contributed by atoms with E-state index in [1.165, 1.54) is 70.6 Å². The summed E-state index contributed by atoms with van der Waals surface area (Å²) in [7, 11) is 0. The Morgan fingerprint density at radius 3 is 1.91 bits per heavy atom. The van der Waals surface area contributed by atoms with Crippen LogP contribution in [-0.2, 0) is 0 Å². The first-order valence-electron chi connectivity index (χ1n) is 9.51. The summed E-state index contributed by atoms with van der Waals surface area (Å²) >= 11 is 0. The van der Waals surface area contributed by atoms with Crippen LogP contribution in [0.5, 0.6) is 0 Å². The Kier molecular flexibility index (Phi) is 16.1. The molecule has 22 heavy (non-hydrogen) atoms. The molecule has 0 spiro atoms. The predicted octanol–water partition coefficient (Wildman–Crippen LogP) is 6.26. The average Bonchev–Trinajstić information content (AvgIpc) is 2.52. The third kappa shape index (κ3) is 15.6. The fraction of sp³-hybridized carbons (Fsp3) is 0.810. The normalized spacial score (nSPS) is 14.1. The summed E-state index contributed by atoms with van der Waals surface area (Å²) < 4.78 is 0. The molecule has 0 bridgehead atoms. The fourth-order valence-corrected chi connectivity index (χ4v) is 2.87. The van der Waals surface area contributed by atoms with Gasteiger partial charge in [-0.05, 0) is 24.5 Å². The molecule has 0 amide bonds. The molecule has 0 aliphatic heterocycles. The van der Waals surface area contributed by atoms with Crippen LogP contribution in [0.15, 0.2) is 12.2 Å². The second-order valence-corrected chi connectivity index (χ2v) is 6.75. The Bertz CT molecular complexity index is 287. The van der Waals surface area contributed by atoms with Crippen molar-refractivity contribution in [1.82, 2.24) is 0 Å². The van der Waals surface area contributed by atoms with Crippen molar-refractivity contribution in [2.24, 2.45) is 5.92 Å². The van der Waals surface area contributed by atoms with E-state index in [1.54, 1.807) is 12.2 Å². The van der Waals surface area contributed by atoms with Gasteiger partial charge in [0.25, 0.3) is 0 Å². The minimum Gasteiger partial charge on any atom is -0.389 e. The molecule has 0 aliphatic rings. The van der Waals surface area contributed by atoms with E-state index in [9.17, 15) is 5.11 Å². The number of aliphatic hydroxyl groups is 1. The SMILES string of the molecule is C#C/C=C\C(O)CCCCCCCCCCC(C)CCCC. The quantitative estimate of drug-likeness (QED) is 0.279. The standard InChI is InChI=1S/C21H38O/c1-4-6-16-20(3)17-14-12-10-8-9-11-13-15-19-21(22)18-7-5-2/h2,7,18,20-22H,4,6,8-17,19H2,1,3H3/b18-7-. The third-order valence-electron chi connectivity index (χ3n) is 4.41. The Balaban J connectivity index is 3.21. The number of terminal acetylenes is 1. The molecule has 1 N–H and O–H groups in total. The van der Waals surface area contributed by atoms with Crippen molar-refractivity contribution < 1.29 is 5.11 Å². The zero-order chi connectivity index (χ0) is 16.5. The lowest BCUT2D eigenvalue weighted by Gasteiger charge is -2.10. The number of hydrogen-bond donors (Lipinski definition) is 1. The largest absolute Gasteiger partial charge is 0.389 e. The van der Waals surface area contributed by atoms with Crippen LogP contribution >= 0.6 is 0 Å². The highest BCUT2D eigenvalue weighted by molar-refractivity contribution is 5.10. The van der Waals surface area contributed by atoms with Gasteiger partial charge in [0, 0.05) is 0 Å². The van der Waals surface area contributed by atoms with Crippen molar-refractivity contribution in [1.29, 1.82) is 0 Å². The van der Waals surface area contributed by atoms with Crippen LogP contribution in [0, 0.1) is 18.3 Å². The van der Waals surface area contributed by atoms with Gasteiger partial charge in [0.15, 0.2) is 0 Å². The van der Waals surface area contributed by atoms with E-state index < -0.39 is 0 Å². The van der Waals surface area contributed by atoms with Crippen LogP contribution in [0.2, 0.25) is 0 Å². The molecule has 0 aromatic carbocycles. The van der Waals surface area contributed by atoms with Gasteiger partial charge in [-0.2, -0.15) is 0 Å². The first-order valence-corrected chi connectivity index (χ1v) is 9.51. The van der Waals surface area contributed by atoms with Gasteiger partial charge in [-0.3, -0.25) is 0 Å². The van der Waals surface area contributed by atoms with Gasteiger partial charge >= 0.3 is 0 Å². The van der Waals surface area contributed by atoms with Crippen molar-refractivity contribution in [3.63, 3.8) is 0 Å². The molecule has 0 radical (unpaired) electrons. The van der Waals surface area contributed by atoms with E-state index in [1.807, 2.05) is 0 Å². The van der Waals surface area contributed by atoms with E-state index in [-0.39, 0.29) is 6.10 Å². The van der Waals surface area contributed by atoms with Crippen LogP contribution in [-0.4, -0.2) is 11.2 Å². The highest BCUT2D eigenvalue weighted by Gasteiger charge is 2.01. The summed E-state index contributed by atoms with van der Waals surface area (Å²) in [5.74, 6) is 3.34. The Hall–Kier alpha value is -0.740. The summed E-state index contributed by atoms with van der Waals surface area (Å²) in [5, 5.41) is 9.60. The van der Waals surface area contributed by atoms with Gasteiger partial charge < -0.3 is 5.11 Å². The highest BCUT2D eigenvalue weighted by atomic mass is 16.3. The Labute approximate surface area is 139 Å². The number of aliphatic hydroxyl groups excluding tert-OH is 1. The van der Waals surface area contributed by atoms with Crippen molar-refractivity contribution >= 4 is 0 Å². The Morgan fingerprint density at radius 2 is 1.36 bits per heavy atom. The molecule has 0 rings (SSSR count). The minimum absolute atomic E-state index is 0.356. The van der Waals surface area contributed by atoms with Gasteiger partial charge in [-0.25, -0.2) is 0 Å². The molecule has 0 saturated heterocycles. The molecule has 0 saturated carbocycles. The van der Waals surface area contributed by atoms with Gasteiger partial charge in [0.05, 0.1) is 6.10 Å². The molecule has 0 aromatic heterocycles. The lowest BCUT2D eigenvalue weighted by molar-refractivity contribution is 0.208. The van der Waals surface area contributed by atoms with E-state index >= 15 is 0 Å². The Morgan fingerprint density at radius 1 is 0.864 bits per heavy atom. The highest BCUT2D eigenvalue weighted by Crippen LogP contribution is 2.17. The lowest BCUT2D eigenvalue weighted by Crippen LogP contribution is -2.01. The summed E-state index contributed by atoms with van der Waals surface area (Å²) in [6.45, 7) is 4.68. The van der Waals surface area contributed by atoms with Crippen molar-refractivity contribution in [3.05, 3.63) is 12.2 Å². The smallest absolute Gasteiger partial charge is 0.0730 e. The molecule has 1 heteroatoms. The number of rotatable bonds is 15. The van der Waals surface area contributed by atoms with E-state index in [0.29, 0.717) is 0 Å². The molecule has 2 atom stereocenters. The van der Waals surface area contributed by atoms with Gasteiger partial charge in [-0.1, -0.05) is 96.8 Å². The lowest BCUT2D eigenvalue weighted by atomic mass is 9.97. The van der Waals surface area contributed by atoms with Gasteiger partial charge in [0.2, 0.25) is 0 Å². The summed E-state index contributed by atoms with van der Waals surface area (Å²) in [6.07, 6.45) is 25.0. The number of unbranched alkanes of at least 4 members (excludes halogenated alkanes) is 8. The maximum atomic E-state index is 9.60. The molecule has 0 aliphatic carbocycles. The van der Waals surface area contributed by atoms with Crippen molar-refractivity contribution in [3.8, 4) is 12.3 Å². The predicted molar refractivity (Wildman–Crippen MR) is 98.8 cm³/mol. The molecule has 2 unspecified atom stereocenters. The minimum atomic E-state index is -0.356. The van der Waals surface area contributed by atoms with Crippen LogP contribution < -0.4 is 0 Å². The number of allylic oxidation sites excluding steroid dienone is 1. The maximum absolute atomic E-state index is 9.60. The second-order valence-electron chi connectivity index (χ2n) is 6.75. The molecule has 0 aromatic rings. The molecule has 0 fully saturated rings. The zero-order valence-corrected chi connectivity index (χ0v) is 15.0. The van der Waals surface area contributed by atoms with E-state index in [2.05, 4.69) is 19.8 Å².